The maximum absolute atomic E-state index is 4.96. The van der Waals surface area contributed by atoms with E-state index in [-0.39, 0.29) is 1.43 Å². The van der Waals surface area contributed by atoms with Crippen molar-refractivity contribution >= 4 is 0 Å². The summed E-state index contributed by atoms with van der Waals surface area (Å²) in [6.45, 7) is 6.30. The van der Waals surface area contributed by atoms with Crippen LogP contribution in [0.5, 0.6) is 0 Å². The van der Waals surface area contributed by atoms with Gasteiger partial charge in [0.15, 0.2) is 0 Å². The summed E-state index contributed by atoms with van der Waals surface area (Å²) in [7, 11) is 1.75. The zero-order chi connectivity index (χ0) is 8.53. The molecule has 0 aromatic heterocycles. The van der Waals surface area contributed by atoms with Crippen LogP contribution in [0.1, 0.15) is 34.5 Å². The van der Waals surface area contributed by atoms with Crippen LogP contribution in [0, 0.1) is 0 Å². The number of nitrogens with one attached hydrogen (secondary N) is 1. The molecule has 0 saturated carbocycles. The minimum Gasteiger partial charge on any atom is -0.383 e. The van der Waals surface area contributed by atoms with Crippen LogP contribution in [0.25, 0.3) is 0 Å². The van der Waals surface area contributed by atoms with Crippen molar-refractivity contribution in [1.29, 1.82) is 0 Å². The molecule has 0 spiro atoms. The summed E-state index contributed by atoms with van der Waals surface area (Å²) in [4.78, 5) is 0. The van der Waals surface area contributed by atoms with Crippen molar-refractivity contribution in [2.24, 2.45) is 0 Å². The Kier molecular flexibility index (Phi) is 7.96. The number of hydrogen-bond acceptors (Lipinski definition) is 2. The third kappa shape index (κ3) is 6.32. The fourth-order valence-electron chi connectivity index (χ4n) is 1.10. The molecule has 1 rings (SSSR count). The van der Waals surface area contributed by atoms with Gasteiger partial charge >= 0.3 is 0 Å². The average molecular weight is 161 g/mol. The van der Waals surface area contributed by atoms with Crippen LogP contribution < -0.4 is 5.32 Å². The molecule has 0 aromatic rings. The molecule has 1 N–H and O–H groups in total. The summed E-state index contributed by atoms with van der Waals surface area (Å²) in [5.74, 6) is 0. The number of methoxy groups -OCH3 is 1. The van der Waals surface area contributed by atoms with Gasteiger partial charge in [0.2, 0.25) is 0 Å². The molecule has 1 atom stereocenters. The number of ether oxygens (including phenoxy) is 1. The van der Waals surface area contributed by atoms with E-state index in [1.165, 1.54) is 25.8 Å². The largest absolute Gasteiger partial charge is 0.383 e. The van der Waals surface area contributed by atoms with Crippen molar-refractivity contribution in [2.75, 3.05) is 20.3 Å². The molecule has 1 heterocycles. The first kappa shape index (κ1) is 10.9. The van der Waals surface area contributed by atoms with E-state index in [0.29, 0.717) is 6.04 Å². The number of hydrogen-bond donors (Lipinski definition) is 1. The van der Waals surface area contributed by atoms with E-state index >= 15 is 0 Å². The van der Waals surface area contributed by atoms with Gasteiger partial charge in [-0.15, -0.1) is 0 Å². The van der Waals surface area contributed by atoms with Gasteiger partial charge in [0, 0.05) is 14.6 Å². The highest BCUT2D eigenvalue weighted by Gasteiger charge is 2.11. The second-order valence-electron chi connectivity index (χ2n) is 2.96. The molecule has 0 bridgehead atoms. The molecule has 2 nitrogen and oxygen atoms in total. The summed E-state index contributed by atoms with van der Waals surface area (Å²) >= 11 is 0. The monoisotopic (exact) mass is 161 g/mol. The van der Waals surface area contributed by atoms with Gasteiger partial charge < -0.3 is 10.1 Å². The summed E-state index contributed by atoms with van der Waals surface area (Å²) in [5.41, 5.74) is 0. The molecule has 2 heteroatoms. The van der Waals surface area contributed by atoms with Gasteiger partial charge in [0.25, 0.3) is 0 Å². The molecule has 0 unspecified atom stereocenters. The second kappa shape index (κ2) is 8.02. The Morgan fingerprint density at radius 2 is 2.18 bits per heavy atom. The van der Waals surface area contributed by atoms with Crippen LogP contribution in [0.2, 0.25) is 0 Å². The van der Waals surface area contributed by atoms with Gasteiger partial charge in [0.05, 0.1) is 6.61 Å². The smallest absolute Gasteiger partial charge is 0.0615 e. The lowest BCUT2D eigenvalue weighted by Crippen LogP contribution is -2.25. The topological polar surface area (TPSA) is 21.3 Å². The molecule has 1 aliphatic rings. The maximum atomic E-state index is 4.96. The van der Waals surface area contributed by atoms with E-state index in [2.05, 4.69) is 19.2 Å². The van der Waals surface area contributed by atoms with E-state index in [4.69, 9.17) is 4.74 Å². The molecule has 1 saturated heterocycles. The first-order valence-corrected chi connectivity index (χ1v) is 4.57. The van der Waals surface area contributed by atoms with Gasteiger partial charge in [-0.2, -0.15) is 0 Å². The fourth-order valence-corrected chi connectivity index (χ4v) is 1.10. The van der Waals surface area contributed by atoms with Gasteiger partial charge in [0.1, 0.15) is 0 Å². The zero-order valence-corrected chi connectivity index (χ0v) is 8.02. The van der Waals surface area contributed by atoms with Crippen LogP contribution in [0.3, 0.4) is 0 Å². The van der Waals surface area contributed by atoms with Crippen LogP contribution in [0.4, 0.5) is 0 Å². The lowest BCUT2D eigenvalue weighted by molar-refractivity contribution is 0.173. The van der Waals surface area contributed by atoms with Crippen molar-refractivity contribution in [3.63, 3.8) is 0 Å². The summed E-state index contributed by atoms with van der Waals surface area (Å²) in [5, 5.41) is 3.33. The maximum Gasteiger partial charge on any atom is 0.0615 e. The minimum atomic E-state index is 0. The first-order valence-electron chi connectivity index (χ1n) is 4.57. The minimum absolute atomic E-state index is 0. The Hall–Kier alpha value is -0.0800. The second-order valence-corrected chi connectivity index (χ2v) is 2.96. The fraction of sp³-hybridized carbons (Fsp3) is 1.00. The summed E-state index contributed by atoms with van der Waals surface area (Å²) in [6.07, 6.45) is 3.85. The molecule has 11 heavy (non-hydrogen) atoms. The molecular formula is C9H23NO. The van der Waals surface area contributed by atoms with E-state index in [0.717, 1.165) is 6.61 Å². The molecule has 0 aliphatic carbocycles. The molecule has 70 valence electrons. The third-order valence-corrected chi connectivity index (χ3v) is 1.53. The Labute approximate surface area is 71.8 Å². The molecule has 1 fully saturated rings. The molecular weight excluding hydrogens is 138 g/mol. The SMILES string of the molecule is CCC.COC[C@H]1CCCN1.[HH]. The van der Waals surface area contributed by atoms with Crippen LogP contribution >= 0.6 is 0 Å². The average Bonchev–Trinajstić information content (AvgIpc) is 2.42. The van der Waals surface area contributed by atoms with Crippen LogP contribution in [-0.2, 0) is 4.74 Å². The highest BCUT2D eigenvalue weighted by atomic mass is 16.5. The van der Waals surface area contributed by atoms with E-state index in [1.807, 2.05) is 0 Å². The first-order chi connectivity index (χ1) is 5.35. The Morgan fingerprint density at radius 1 is 1.55 bits per heavy atom. The highest BCUT2D eigenvalue weighted by molar-refractivity contribution is 4.72. The van der Waals surface area contributed by atoms with Gasteiger partial charge in [-0.05, 0) is 19.4 Å². The Bertz CT molecular complexity index is 74.9. The Morgan fingerprint density at radius 3 is 2.55 bits per heavy atom. The highest BCUT2D eigenvalue weighted by Crippen LogP contribution is 2.03. The quantitative estimate of drug-likeness (QED) is 0.669. The predicted octanol–water partition coefficient (Wildman–Crippen LogP) is 2.05. The van der Waals surface area contributed by atoms with Crippen molar-refractivity contribution < 1.29 is 6.16 Å². The standard InChI is InChI=1S/C6H13NO.C3H8.H2/c1-8-5-6-3-2-4-7-6;1-3-2;/h6-7H,2-5H2,1H3;3H2,1-2H3;1H/t6-;;/m1../s1. The zero-order valence-electron chi connectivity index (χ0n) is 8.02. The lowest BCUT2D eigenvalue weighted by atomic mass is 10.2. The Balaban J connectivity index is 0. The summed E-state index contributed by atoms with van der Waals surface area (Å²) in [6, 6.07) is 0.639. The van der Waals surface area contributed by atoms with Crippen molar-refractivity contribution in [2.45, 2.75) is 39.2 Å². The van der Waals surface area contributed by atoms with Gasteiger partial charge in [-0.3, -0.25) is 0 Å². The summed E-state index contributed by atoms with van der Waals surface area (Å²) < 4.78 is 4.96. The molecule has 0 aromatic carbocycles. The molecule has 0 amide bonds. The normalized spacial score (nSPS) is 22.6. The van der Waals surface area contributed by atoms with Crippen molar-refractivity contribution in [3.8, 4) is 0 Å². The lowest BCUT2D eigenvalue weighted by Gasteiger charge is -2.05. The third-order valence-electron chi connectivity index (χ3n) is 1.53. The van der Waals surface area contributed by atoms with Gasteiger partial charge in [-0.1, -0.05) is 20.3 Å². The van der Waals surface area contributed by atoms with E-state index < -0.39 is 0 Å². The van der Waals surface area contributed by atoms with E-state index in [1.54, 1.807) is 7.11 Å². The van der Waals surface area contributed by atoms with Crippen LogP contribution in [0.15, 0.2) is 0 Å². The van der Waals surface area contributed by atoms with E-state index in [9.17, 15) is 0 Å². The van der Waals surface area contributed by atoms with Gasteiger partial charge in [-0.25, -0.2) is 0 Å². The predicted molar refractivity (Wildman–Crippen MR) is 51.0 cm³/mol. The molecule has 1 aliphatic heterocycles. The van der Waals surface area contributed by atoms with Crippen molar-refractivity contribution in [3.05, 3.63) is 0 Å². The van der Waals surface area contributed by atoms with Crippen LogP contribution in [-0.4, -0.2) is 26.3 Å². The molecule has 0 radical (unpaired) electrons. The number of rotatable bonds is 2. The van der Waals surface area contributed by atoms with Crippen molar-refractivity contribution in [1.82, 2.24) is 5.32 Å².